The van der Waals surface area contributed by atoms with Crippen LogP contribution >= 0.6 is 0 Å². The molecule has 2 rings (SSSR count). The standard InChI is InChI=1S/C10H12N2O2/c1-14-10(3-2-4-10)9(13)8-7-11-5-6-12-8/h5-7H,2-4H2,1H3. The molecule has 0 atom stereocenters. The molecule has 1 aromatic rings. The lowest BCUT2D eigenvalue weighted by Crippen LogP contribution is -2.47. The fourth-order valence-electron chi connectivity index (χ4n) is 1.67. The van der Waals surface area contributed by atoms with Gasteiger partial charge in [0.1, 0.15) is 11.3 Å². The Morgan fingerprint density at radius 2 is 2.29 bits per heavy atom. The number of Topliss-reactive ketones (excluding diaryl/α,β-unsaturated/α-hetero) is 1. The Kier molecular flexibility index (Phi) is 2.29. The van der Waals surface area contributed by atoms with Crippen molar-refractivity contribution in [3.8, 4) is 0 Å². The molecule has 4 heteroatoms. The van der Waals surface area contributed by atoms with Crippen LogP contribution in [-0.4, -0.2) is 28.5 Å². The third-order valence-corrected chi connectivity index (χ3v) is 2.76. The summed E-state index contributed by atoms with van der Waals surface area (Å²) in [4.78, 5) is 19.8. The maximum Gasteiger partial charge on any atom is 0.214 e. The largest absolute Gasteiger partial charge is 0.370 e. The second kappa shape index (κ2) is 3.46. The number of carbonyl (C=O) groups excluding carboxylic acids is 1. The normalized spacial score (nSPS) is 18.6. The molecule has 74 valence electrons. The van der Waals surface area contributed by atoms with Gasteiger partial charge in [0, 0.05) is 19.5 Å². The Labute approximate surface area is 82.3 Å². The maximum absolute atomic E-state index is 12.0. The van der Waals surface area contributed by atoms with Crippen LogP contribution in [0.25, 0.3) is 0 Å². The smallest absolute Gasteiger partial charge is 0.214 e. The van der Waals surface area contributed by atoms with Crippen molar-refractivity contribution in [1.29, 1.82) is 0 Å². The Balaban J connectivity index is 2.23. The van der Waals surface area contributed by atoms with Crippen LogP contribution in [0.1, 0.15) is 29.8 Å². The number of aromatic nitrogens is 2. The molecule has 1 aromatic heterocycles. The van der Waals surface area contributed by atoms with Gasteiger partial charge in [-0.1, -0.05) is 0 Å². The average Bonchev–Trinajstić information content (AvgIpc) is 2.18. The summed E-state index contributed by atoms with van der Waals surface area (Å²) in [5.41, 5.74) is -0.218. The fourth-order valence-corrected chi connectivity index (χ4v) is 1.67. The summed E-state index contributed by atoms with van der Waals surface area (Å²) < 4.78 is 5.27. The molecule has 0 radical (unpaired) electrons. The SMILES string of the molecule is COC1(C(=O)c2cnccn2)CCC1. The van der Waals surface area contributed by atoms with Crippen molar-refractivity contribution in [2.45, 2.75) is 24.9 Å². The summed E-state index contributed by atoms with van der Waals surface area (Å²) in [7, 11) is 1.58. The van der Waals surface area contributed by atoms with Crippen LogP contribution < -0.4 is 0 Å². The summed E-state index contributed by atoms with van der Waals surface area (Å²) in [5, 5.41) is 0. The molecular formula is C10H12N2O2. The van der Waals surface area contributed by atoms with E-state index in [-0.39, 0.29) is 5.78 Å². The minimum atomic E-state index is -0.615. The van der Waals surface area contributed by atoms with Gasteiger partial charge in [0.2, 0.25) is 5.78 Å². The Morgan fingerprint density at radius 1 is 1.50 bits per heavy atom. The quantitative estimate of drug-likeness (QED) is 0.676. The van der Waals surface area contributed by atoms with Gasteiger partial charge in [-0.05, 0) is 19.3 Å². The van der Waals surface area contributed by atoms with Gasteiger partial charge in [0.25, 0.3) is 0 Å². The van der Waals surface area contributed by atoms with Crippen LogP contribution in [0.3, 0.4) is 0 Å². The number of hydrogen-bond acceptors (Lipinski definition) is 4. The zero-order valence-corrected chi connectivity index (χ0v) is 8.06. The van der Waals surface area contributed by atoms with Crippen molar-refractivity contribution in [2.75, 3.05) is 7.11 Å². The number of ether oxygens (including phenoxy) is 1. The van der Waals surface area contributed by atoms with E-state index in [4.69, 9.17) is 4.74 Å². The van der Waals surface area contributed by atoms with Crippen LogP contribution in [0.15, 0.2) is 18.6 Å². The van der Waals surface area contributed by atoms with Gasteiger partial charge in [0.15, 0.2) is 0 Å². The number of carbonyl (C=O) groups is 1. The lowest BCUT2D eigenvalue weighted by molar-refractivity contribution is -0.0451. The van der Waals surface area contributed by atoms with Crippen molar-refractivity contribution in [2.24, 2.45) is 0 Å². The second-order valence-corrected chi connectivity index (χ2v) is 3.47. The summed E-state index contributed by atoms with van der Waals surface area (Å²) in [6.07, 6.45) is 7.19. The van der Waals surface area contributed by atoms with Gasteiger partial charge in [-0.15, -0.1) is 0 Å². The number of nitrogens with zero attached hydrogens (tertiary/aromatic N) is 2. The molecule has 0 unspecified atom stereocenters. The monoisotopic (exact) mass is 192 g/mol. The Hall–Kier alpha value is -1.29. The third kappa shape index (κ3) is 1.32. The van der Waals surface area contributed by atoms with E-state index in [1.165, 1.54) is 12.4 Å². The van der Waals surface area contributed by atoms with E-state index >= 15 is 0 Å². The predicted octanol–water partition coefficient (Wildman–Crippen LogP) is 1.23. The first-order chi connectivity index (χ1) is 6.78. The molecule has 4 nitrogen and oxygen atoms in total. The van der Waals surface area contributed by atoms with Crippen molar-refractivity contribution in [3.05, 3.63) is 24.3 Å². The van der Waals surface area contributed by atoms with Gasteiger partial charge in [-0.2, -0.15) is 0 Å². The van der Waals surface area contributed by atoms with Crippen molar-refractivity contribution >= 4 is 5.78 Å². The van der Waals surface area contributed by atoms with Gasteiger partial charge in [-0.3, -0.25) is 9.78 Å². The van der Waals surface area contributed by atoms with Gasteiger partial charge < -0.3 is 4.74 Å². The van der Waals surface area contributed by atoms with E-state index in [1.807, 2.05) is 0 Å². The highest BCUT2D eigenvalue weighted by molar-refractivity contribution is 6.01. The molecule has 0 amide bonds. The van der Waals surface area contributed by atoms with Gasteiger partial charge >= 0.3 is 0 Å². The number of ketones is 1. The molecule has 1 aliphatic carbocycles. The predicted molar refractivity (Wildman–Crippen MR) is 50.0 cm³/mol. The summed E-state index contributed by atoms with van der Waals surface area (Å²) in [6, 6.07) is 0. The first-order valence-electron chi connectivity index (χ1n) is 4.64. The summed E-state index contributed by atoms with van der Waals surface area (Å²) in [5.74, 6) is -0.0423. The molecule has 0 N–H and O–H groups in total. The van der Waals surface area contributed by atoms with Crippen LogP contribution in [0.4, 0.5) is 0 Å². The van der Waals surface area contributed by atoms with Crippen LogP contribution in [0.5, 0.6) is 0 Å². The van der Waals surface area contributed by atoms with Crippen molar-refractivity contribution in [3.63, 3.8) is 0 Å². The van der Waals surface area contributed by atoms with Crippen LogP contribution in [0.2, 0.25) is 0 Å². The van der Waals surface area contributed by atoms with Gasteiger partial charge in [0.05, 0.1) is 6.20 Å². The highest BCUT2D eigenvalue weighted by Crippen LogP contribution is 2.37. The molecule has 0 saturated heterocycles. The van der Waals surface area contributed by atoms with E-state index in [0.717, 1.165) is 19.3 Å². The van der Waals surface area contributed by atoms with Crippen LogP contribution in [-0.2, 0) is 4.74 Å². The van der Waals surface area contributed by atoms with E-state index in [2.05, 4.69) is 9.97 Å². The molecule has 0 aliphatic heterocycles. The fraction of sp³-hybridized carbons (Fsp3) is 0.500. The van der Waals surface area contributed by atoms with E-state index < -0.39 is 5.60 Å². The molecule has 0 bridgehead atoms. The summed E-state index contributed by atoms with van der Waals surface area (Å²) >= 11 is 0. The lowest BCUT2D eigenvalue weighted by atomic mass is 9.76. The maximum atomic E-state index is 12.0. The first-order valence-corrected chi connectivity index (χ1v) is 4.64. The van der Waals surface area contributed by atoms with E-state index in [0.29, 0.717) is 5.69 Å². The van der Waals surface area contributed by atoms with Crippen LogP contribution in [0, 0.1) is 0 Å². The zero-order chi connectivity index (χ0) is 10.0. The number of hydrogen-bond donors (Lipinski definition) is 0. The minimum Gasteiger partial charge on any atom is -0.370 e. The highest BCUT2D eigenvalue weighted by Gasteiger charge is 2.45. The lowest BCUT2D eigenvalue weighted by Gasteiger charge is -2.38. The third-order valence-electron chi connectivity index (χ3n) is 2.76. The van der Waals surface area contributed by atoms with E-state index in [9.17, 15) is 4.79 Å². The molecule has 1 saturated carbocycles. The number of methoxy groups -OCH3 is 1. The van der Waals surface area contributed by atoms with Crippen molar-refractivity contribution in [1.82, 2.24) is 9.97 Å². The summed E-state index contributed by atoms with van der Waals surface area (Å²) in [6.45, 7) is 0. The van der Waals surface area contributed by atoms with E-state index in [1.54, 1.807) is 13.3 Å². The molecule has 1 fully saturated rings. The second-order valence-electron chi connectivity index (χ2n) is 3.47. The molecule has 1 aliphatic rings. The first kappa shape index (κ1) is 9.27. The van der Waals surface area contributed by atoms with Gasteiger partial charge in [-0.25, -0.2) is 4.98 Å². The average molecular weight is 192 g/mol. The molecule has 14 heavy (non-hydrogen) atoms. The topological polar surface area (TPSA) is 52.1 Å². The molecule has 0 spiro atoms. The Bertz CT molecular complexity index is 328. The Morgan fingerprint density at radius 3 is 2.71 bits per heavy atom. The highest BCUT2D eigenvalue weighted by atomic mass is 16.5. The molecular weight excluding hydrogens is 180 g/mol. The minimum absolute atomic E-state index is 0.0423. The molecule has 0 aromatic carbocycles. The molecule has 1 heterocycles. The van der Waals surface area contributed by atoms with Crippen molar-refractivity contribution < 1.29 is 9.53 Å². The number of rotatable bonds is 3. The zero-order valence-electron chi connectivity index (χ0n) is 8.06.